The van der Waals surface area contributed by atoms with Gasteiger partial charge in [0.15, 0.2) is 0 Å². The number of fused-ring (bicyclic) bond motifs is 1. The van der Waals surface area contributed by atoms with Crippen molar-refractivity contribution in [1.82, 2.24) is 4.31 Å². The molecule has 2 aromatic rings. The van der Waals surface area contributed by atoms with Crippen LogP contribution in [-0.2, 0) is 21.2 Å². The number of carbonyl (C=O) groups is 1. The third-order valence-corrected chi connectivity index (χ3v) is 8.92. The zero-order valence-corrected chi connectivity index (χ0v) is 19.0. The van der Waals surface area contributed by atoms with Gasteiger partial charge in [0.05, 0.1) is 10.6 Å². The maximum absolute atomic E-state index is 14.1. The van der Waals surface area contributed by atoms with Crippen LogP contribution in [0.2, 0.25) is 0 Å². The molecule has 8 heteroatoms. The van der Waals surface area contributed by atoms with E-state index in [0.29, 0.717) is 38.3 Å². The van der Waals surface area contributed by atoms with Crippen LogP contribution in [-0.4, -0.2) is 50.9 Å². The first-order valence-electron chi connectivity index (χ1n) is 11.3. The van der Waals surface area contributed by atoms with Crippen LogP contribution in [0, 0.1) is 11.7 Å². The van der Waals surface area contributed by atoms with Crippen LogP contribution in [0.25, 0.3) is 0 Å². The molecule has 170 valence electrons. The number of hydrogen-bond acceptors (Lipinski definition) is 4. The summed E-state index contributed by atoms with van der Waals surface area (Å²) in [5.41, 5.74) is 2.27. The monoisotopic (exact) mass is 457 g/mol. The van der Waals surface area contributed by atoms with Crippen molar-refractivity contribution in [2.24, 2.45) is 5.92 Å². The first-order chi connectivity index (χ1) is 15.4. The molecule has 0 radical (unpaired) electrons. The number of benzene rings is 2. The lowest BCUT2D eigenvalue weighted by atomic mass is 9.84. The standard InChI is InChI=1S/C24H28FN3O3S/c1-17-15-19-16-20(9-10-22(19)28(17)24(29)18-5-4-6-18)32(30,31)27-13-11-26(12-14-27)23-8-3-2-7-21(23)25/h2-3,7-10,16-18H,4-6,11-15H2,1H3/t17-/m0/s1. The van der Waals surface area contributed by atoms with Gasteiger partial charge in [-0.2, -0.15) is 4.31 Å². The SMILES string of the molecule is C[C@H]1Cc2cc(S(=O)(=O)N3CCN(c4ccccc4F)CC3)ccc2N1C(=O)C1CCC1. The van der Waals surface area contributed by atoms with E-state index in [0.717, 1.165) is 30.5 Å². The predicted molar refractivity (Wildman–Crippen MR) is 122 cm³/mol. The lowest BCUT2D eigenvalue weighted by molar-refractivity contribution is -0.125. The highest BCUT2D eigenvalue weighted by molar-refractivity contribution is 7.89. The summed E-state index contributed by atoms with van der Waals surface area (Å²) in [6.07, 6.45) is 3.66. The minimum absolute atomic E-state index is 0.0420. The maximum atomic E-state index is 14.1. The molecule has 2 heterocycles. The quantitative estimate of drug-likeness (QED) is 0.706. The van der Waals surface area contributed by atoms with Gasteiger partial charge in [-0.25, -0.2) is 12.8 Å². The molecule has 1 saturated carbocycles. The largest absolute Gasteiger partial charge is 0.367 e. The maximum Gasteiger partial charge on any atom is 0.243 e. The molecule has 2 aromatic carbocycles. The van der Waals surface area contributed by atoms with Crippen molar-refractivity contribution in [3.8, 4) is 0 Å². The van der Waals surface area contributed by atoms with Crippen LogP contribution in [0.15, 0.2) is 47.4 Å². The van der Waals surface area contributed by atoms with E-state index in [9.17, 15) is 17.6 Å². The van der Waals surface area contributed by atoms with Gasteiger partial charge < -0.3 is 9.80 Å². The van der Waals surface area contributed by atoms with Crippen LogP contribution in [0.5, 0.6) is 0 Å². The lowest BCUT2D eigenvalue weighted by Crippen LogP contribution is -2.48. The average Bonchev–Trinajstić information content (AvgIpc) is 3.08. The molecular formula is C24H28FN3O3S. The van der Waals surface area contributed by atoms with Crippen molar-refractivity contribution >= 4 is 27.3 Å². The van der Waals surface area contributed by atoms with E-state index in [4.69, 9.17) is 0 Å². The van der Waals surface area contributed by atoms with Crippen molar-refractivity contribution < 1.29 is 17.6 Å². The number of piperazine rings is 1. The number of anilines is 2. The molecule has 0 aromatic heterocycles. The van der Waals surface area contributed by atoms with Gasteiger partial charge in [-0.1, -0.05) is 18.6 Å². The van der Waals surface area contributed by atoms with Crippen molar-refractivity contribution in [3.05, 3.63) is 53.8 Å². The Morgan fingerprint density at radius 3 is 2.38 bits per heavy atom. The van der Waals surface area contributed by atoms with Gasteiger partial charge in [-0.3, -0.25) is 4.79 Å². The van der Waals surface area contributed by atoms with Crippen LogP contribution in [0.1, 0.15) is 31.7 Å². The highest BCUT2D eigenvalue weighted by atomic mass is 32.2. The first-order valence-corrected chi connectivity index (χ1v) is 12.8. The van der Waals surface area contributed by atoms with Gasteiger partial charge in [-0.05, 0) is 62.1 Å². The van der Waals surface area contributed by atoms with E-state index in [-0.39, 0.29) is 28.6 Å². The Balaban J connectivity index is 1.33. The highest BCUT2D eigenvalue weighted by Gasteiger charge is 2.38. The Hall–Kier alpha value is -2.45. The molecule has 2 aliphatic heterocycles. The van der Waals surface area contributed by atoms with Crippen molar-refractivity contribution in [1.29, 1.82) is 0 Å². The molecular weight excluding hydrogens is 429 g/mol. The molecule has 5 rings (SSSR count). The third-order valence-electron chi connectivity index (χ3n) is 7.03. The normalized spacial score (nSPS) is 22.0. The van der Waals surface area contributed by atoms with Gasteiger partial charge >= 0.3 is 0 Å². The fraction of sp³-hybridized carbons (Fsp3) is 0.458. The van der Waals surface area contributed by atoms with Crippen LogP contribution in [0.4, 0.5) is 15.8 Å². The van der Waals surface area contributed by atoms with E-state index in [2.05, 4.69) is 0 Å². The molecule has 0 N–H and O–H groups in total. The second kappa shape index (κ2) is 8.15. The summed E-state index contributed by atoms with van der Waals surface area (Å²) in [5, 5.41) is 0. The summed E-state index contributed by atoms with van der Waals surface area (Å²) in [5.74, 6) is -0.0162. The minimum atomic E-state index is -3.65. The highest BCUT2D eigenvalue weighted by Crippen LogP contribution is 2.38. The topological polar surface area (TPSA) is 60.9 Å². The number of nitrogens with zero attached hydrogens (tertiary/aromatic N) is 3. The van der Waals surface area contributed by atoms with E-state index in [1.807, 2.05) is 16.7 Å². The molecule has 1 saturated heterocycles. The number of para-hydroxylation sites is 1. The summed E-state index contributed by atoms with van der Waals surface area (Å²) in [4.78, 5) is 16.9. The first kappa shape index (κ1) is 21.4. The average molecular weight is 458 g/mol. The van der Waals surface area contributed by atoms with Crippen molar-refractivity contribution in [2.45, 2.75) is 43.5 Å². The van der Waals surface area contributed by atoms with Crippen LogP contribution >= 0.6 is 0 Å². The van der Waals surface area contributed by atoms with Gasteiger partial charge in [0, 0.05) is 43.8 Å². The fourth-order valence-corrected chi connectivity index (χ4v) is 6.46. The Bertz CT molecular complexity index is 1140. The number of hydrogen-bond donors (Lipinski definition) is 0. The van der Waals surface area contributed by atoms with Crippen LogP contribution in [0.3, 0.4) is 0 Å². The molecule has 2 fully saturated rings. The van der Waals surface area contributed by atoms with Gasteiger partial charge in [0.25, 0.3) is 0 Å². The summed E-state index contributed by atoms with van der Waals surface area (Å²) < 4.78 is 42.2. The van der Waals surface area contributed by atoms with E-state index >= 15 is 0 Å². The Kier molecular flexibility index (Phi) is 5.45. The zero-order chi connectivity index (χ0) is 22.5. The summed E-state index contributed by atoms with van der Waals surface area (Å²) in [6, 6.07) is 11.8. The smallest absolute Gasteiger partial charge is 0.243 e. The Morgan fingerprint density at radius 1 is 1.00 bits per heavy atom. The number of rotatable bonds is 4. The second-order valence-corrected chi connectivity index (χ2v) is 11.0. The molecule has 0 spiro atoms. The number of amides is 1. The molecule has 1 amide bonds. The molecule has 32 heavy (non-hydrogen) atoms. The fourth-order valence-electron chi connectivity index (χ4n) is 4.98. The predicted octanol–water partition coefficient (Wildman–Crippen LogP) is 3.41. The second-order valence-electron chi connectivity index (χ2n) is 9.02. The van der Waals surface area contributed by atoms with Crippen LogP contribution < -0.4 is 9.80 Å². The molecule has 6 nitrogen and oxygen atoms in total. The van der Waals surface area contributed by atoms with Gasteiger partial charge in [-0.15, -0.1) is 0 Å². The van der Waals surface area contributed by atoms with E-state index in [1.54, 1.807) is 36.4 Å². The number of halogens is 1. The zero-order valence-electron chi connectivity index (χ0n) is 18.2. The third kappa shape index (κ3) is 3.59. The molecule has 1 atom stereocenters. The van der Waals surface area contributed by atoms with Crippen molar-refractivity contribution in [3.63, 3.8) is 0 Å². The Labute approximate surface area is 188 Å². The van der Waals surface area contributed by atoms with Gasteiger partial charge in [0.1, 0.15) is 5.82 Å². The van der Waals surface area contributed by atoms with E-state index in [1.165, 1.54) is 10.4 Å². The molecule has 3 aliphatic rings. The van der Waals surface area contributed by atoms with Gasteiger partial charge in [0.2, 0.25) is 15.9 Å². The minimum Gasteiger partial charge on any atom is -0.367 e. The summed E-state index contributed by atoms with van der Waals surface area (Å²) >= 11 is 0. The molecule has 1 aliphatic carbocycles. The molecule has 0 unspecified atom stereocenters. The number of sulfonamides is 1. The summed E-state index contributed by atoms with van der Waals surface area (Å²) in [7, 11) is -3.65. The molecule has 0 bridgehead atoms. The lowest BCUT2D eigenvalue weighted by Gasteiger charge is -2.35. The summed E-state index contributed by atoms with van der Waals surface area (Å²) in [6.45, 7) is 3.50. The Morgan fingerprint density at radius 2 is 1.72 bits per heavy atom. The van der Waals surface area contributed by atoms with Crippen molar-refractivity contribution in [2.75, 3.05) is 36.0 Å². The number of carbonyl (C=O) groups excluding carboxylic acids is 1. The van der Waals surface area contributed by atoms with E-state index < -0.39 is 10.0 Å².